The first-order valence-corrected chi connectivity index (χ1v) is 7.15. The van der Waals surface area contributed by atoms with E-state index in [0.29, 0.717) is 32.5 Å². The van der Waals surface area contributed by atoms with Crippen molar-refractivity contribution in [2.24, 2.45) is 0 Å². The fourth-order valence-corrected chi connectivity index (χ4v) is 1.63. The number of aliphatic hydroxyl groups is 1. The van der Waals surface area contributed by atoms with Crippen LogP contribution in [0.4, 0.5) is 0 Å². The van der Waals surface area contributed by atoms with Gasteiger partial charge in [0.2, 0.25) is 5.91 Å². The van der Waals surface area contributed by atoms with E-state index in [4.69, 9.17) is 5.11 Å². The molecule has 1 aromatic heterocycles. The summed E-state index contributed by atoms with van der Waals surface area (Å²) >= 11 is 0. The van der Waals surface area contributed by atoms with Gasteiger partial charge in [-0.15, -0.1) is 5.10 Å². The molecule has 7 nitrogen and oxygen atoms in total. The lowest BCUT2D eigenvalue weighted by atomic mass is 10.2. The van der Waals surface area contributed by atoms with Crippen molar-refractivity contribution in [2.45, 2.75) is 52.2 Å². The molecular weight excluding hydrogens is 258 g/mol. The van der Waals surface area contributed by atoms with Crippen LogP contribution in [0.5, 0.6) is 0 Å². The number of amides is 1. The van der Waals surface area contributed by atoms with Gasteiger partial charge in [0.25, 0.3) is 0 Å². The van der Waals surface area contributed by atoms with E-state index in [9.17, 15) is 4.79 Å². The summed E-state index contributed by atoms with van der Waals surface area (Å²) in [6, 6.07) is 0.230. The maximum absolute atomic E-state index is 11.5. The second-order valence-electron chi connectivity index (χ2n) is 4.85. The fourth-order valence-electron chi connectivity index (χ4n) is 1.63. The Balaban J connectivity index is 2.14. The van der Waals surface area contributed by atoms with Gasteiger partial charge in [0.05, 0.1) is 5.69 Å². The average molecular weight is 283 g/mol. The normalized spacial score (nSPS) is 12.3. The molecule has 0 radical (unpaired) electrons. The molecule has 0 saturated heterocycles. The van der Waals surface area contributed by atoms with Gasteiger partial charge in [-0.05, 0) is 19.8 Å². The molecule has 0 bridgehead atoms. The van der Waals surface area contributed by atoms with Crippen LogP contribution in [0.3, 0.4) is 0 Å². The summed E-state index contributed by atoms with van der Waals surface area (Å²) in [5, 5.41) is 22.8. The van der Waals surface area contributed by atoms with Gasteiger partial charge in [0, 0.05) is 44.9 Å². The van der Waals surface area contributed by atoms with E-state index in [1.54, 1.807) is 4.68 Å². The van der Waals surface area contributed by atoms with Gasteiger partial charge >= 0.3 is 0 Å². The molecule has 0 aliphatic carbocycles. The number of aliphatic hydroxyl groups excluding tert-OH is 1. The third-order valence-corrected chi connectivity index (χ3v) is 2.99. The molecule has 3 N–H and O–H groups in total. The largest absolute Gasteiger partial charge is 0.396 e. The minimum Gasteiger partial charge on any atom is -0.396 e. The van der Waals surface area contributed by atoms with E-state index in [2.05, 4.69) is 20.9 Å². The van der Waals surface area contributed by atoms with E-state index in [-0.39, 0.29) is 18.6 Å². The van der Waals surface area contributed by atoms with Crippen LogP contribution in [0.1, 0.15) is 38.8 Å². The number of rotatable bonds is 10. The van der Waals surface area contributed by atoms with Crippen LogP contribution in [0, 0.1) is 0 Å². The quantitative estimate of drug-likeness (QED) is 0.528. The number of nitrogens with zero attached hydrogens (tertiary/aromatic N) is 3. The molecule has 1 heterocycles. The Morgan fingerprint density at radius 1 is 1.55 bits per heavy atom. The Hall–Kier alpha value is -1.47. The molecule has 0 aliphatic rings. The summed E-state index contributed by atoms with van der Waals surface area (Å²) in [5.74, 6) is 0.0680. The van der Waals surface area contributed by atoms with Gasteiger partial charge in [-0.1, -0.05) is 12.1 Å². The third-order valence-electron chi connectivity index (χ3n) is 2.99. The van der Waals surface area contributed by atoms with Crippen molar-refractivity contribution in [3.05, 3.63) is 11.9 Å². The van der Waals surface area contributed by atoms with Crippen LogP contribution in [0.15, 0.2) is 6.20 Å². The van der Waals surface area contributed by atoms with E-state index < -0.39 is 0 Å². The molecule has 20 heavy (non-hydrogen) atoms. The molecule has 0 aromatic carbocycles. The van der Waals surface area contributed by atoms with Crippen LogP contribution in [0.25, 0.3) is 0 Å². The van der Waals surface area contributed by atoms with Gasteiger partial charge in [-0.3, -0.25) is 9.48 Å². The molecule has 0 aliphatic heterocycles. The highest BCUT2D eigenvalue weighted by molar-refractivity contribution is 5.76. The van der Waals surface area contributed by atoms with Crippen LogP contribution in [-0.2, 0) is 17.9 Å². The Labute approximate surface area is 119 Å². The minimum atomic E-state index is 0.0680. The number of hydrogen-bond acceptors (Lipinski definition) is 5. The summed E-state index contributed by atoms with van der Waals surface area (Å²) in [6.07, 6.45) is 3.92. The van der Waals surface area contributed by atoms with E-state index >= 15 is 0 Å². The predicted molar refractivity (Wildman–Crippen MR) is 75.9 cm³/mol. The number of carbonyl (C=O) groups is 1. The van der Waals surface area contributed by atoms with Crippen LogP contribution < -0.4 is 10.6 Å². The second kappa shape index (κ2) is 9.44. The standard InChI is InChI=1S/C13H25N5O2/c1-3-11(2)15-13(20)5-6-14-9-12-10-18(17-16-12)7-4-8-19/h10-11,14,19H,3-9H2,1-2H3,(H,15,20). The van der Waals surface area contributed by atoms with Crippen molar-refractivity contribution in [1.29, 1.82) is 0 Å². The molecule has 0 spiro atoms. The number of hydrogen-bond donors (Lipinski definition) is 3. The summed E-state index contributed by atoms with van der Waals surface area (Å²) in [7, 11) is 0. The molecule has 1 rings (SSSR count). The van der Waals surface area contributed by atoms with E-state index in [1.165, 1.54) is 0 Å². The third kappa shape index (κ3) is 6.63. The zero-order valence-corrected chi connectivity index (χ0v) is 12.3. The average Bonchev–Trinajstić information content (AvgIpc) is 2.89. The molecule has 0 fully saturated rings. The van der Waals surface area contributed by atoms with Crippen LogP contribution >= 0.6 is 0 Å². The maximum Gasteiger partial charge on any atom is 0.221 e. The highest BCUT2D eigenvalue weighted by Crippen LogP contribution is 1.95. The van der Waals surface area contributed by atoms with Gasteiger partial charge in [0.1, 0.15) is 0 Å². The molecular formula is C13H25N5O2. The molecule has 7 heteroatoms. The molecule has 1 unspecified atom stereocenters. The Bertz CT molecular complexity index is 394. The molecule has 1 atom stereocenters. The molecule has 114 valence electrons. The number of aryl methyl sites for hydroxylation is 1. The first kappa shape index (κ1) is 16.6. The van der Waals surface area contributed by atoms with Crippen molar-refractivity contribution in [1.82, 2.24) is 25.6 Å². The molecule has 0 saturated carbocycles. The predicted octanol–water partition coefficient (Wildman–Crippen LogP) is 0.0549. The number of nitrogens with one attached hydrogen (secondary N) is 2. The van der Waals surface area contributed by atoms with Gasteiger partial charge in [-0.25, -0.2) is 0 Å². The lowest BCUT2D eigenvalue weighted by Crippen LogP contribution is -2.33. The van der Waals surface area contributed by atoms with Crippen molar-refractivity contribution in [3.63, 3.8) is 0 Å². The molecule has 1 amide bonds. The summed E-state index contributed by atoms with van der Waals surface area (Å²) in [5.41, 5.74) is 0.838. The lowest BCUT2D eigenvalue weighted by molar-refractivity contribution is -0.121. The zero-order chi connectivity index (χ0) is 14.8. The Morgan fingerprint density at radius 3 is 3.05 bits per heavy atom. The maximum atomic E-state index is 11.5. The first-order valence-electron chi connectivity index (χ1n) is 7.15. The van der Waals surface area contributed by atoms with Crippen molar-refractivity contribution in [3.8, 4) is 0 Å². The SMILES string of the molecule is CCC(C)NC(=O)CCNCc1cn(CCCO)nn1. The summed E-state index contributed by atoms with van der Waals surface area (Å²) in [6.45, 7) is 6.07. The molecule has 1 aromatic rings. The van der Waals surface area contributed by atoms with E-state index in [1.807, 2.05) is 20.0 Å². The fraction of sp³-hybridized carbons (Fsp3) is 0.769. The number of carbonyl (C=O) groups excluding carboxylic acids is 1. The van der Waals surface area contributed by atoms with Gasteiger partial charge in [-0.2, -0.15) is 0 Å². The van der Waals surface area contributed by atoms with Crippen LogP contribution in [0.2, 0.25) is 0 Å². The highest BCUT2D eigenvalue weighted by atomic mass is 16.3. The topological polar surface area (TPSA) is 92.1 Å². The zero-order valence-electron chi connectivity index (χ0n) is 12.3. The summed E-state index contributed by atoms with van der Waals surface area (Å²) < 4.78 is 1.71. The lowest BCUT2D eigenvalue weighted by Gasteiger charge is -2.11. The van der Waals surface area contributed by atoms with Gasteiger partial charge < -0.3 is 15.7 Å². The van der Waals surface area contributed by atoms with Gasteiger partial charge in [0.15, 0.2) is 0 Å². The minimum absolute atomic E-state index is 0.0680. The van der Waals surface area contributed by atoms with E-state index in [0.717, 1.165) is 12.1 Å². The van der Waals surface area contributed by atoms with Crippen molar-refractivity contribution >= 4 is 5.91 Å². The van der Waals surface area contributed by atoms with Crippen molar-refractivity contribution < 1.29 is 9.90 Å². The monoisotopic (exact) mass is 283 g/mol. The number of aromatic nitrogens is 3. The Kier molecular flexibility index (Phi) is 7.82. The summed E-state index contributed by atoms with van der Waals surface area (Å²) in [4.78, 5) is 11.5. The highest BCUT2D eigenvalue weighted by Gasteiger charge is 2.05. The van der Waals surface area contributed by atoms with Crippen molar-refractivity contribution in [2.75, 3.05) is 13.2 Å². The van der Waals surface area contributed by atoms with Crippen LogP contribution in [-0.4, -0.2) is 45.2 Å². The second-order valence-corrected chi connectivity index (χ2v) is 4.85. The smallest absolute Gasteiger partial charge is 0.221 e. The Morgan fingerprint density at radius 2 is 2.35 bits per heavy atom. The first-order chi connectivity index (χ1) is 9.65.